The molecule has 7 heteroatoms. The number of rotatable bonds is 6. The fourth-order valence-electron chi connectivity index (χ4n) is 3.79. The number of nitrogens with one attached hydrogen (secondary N) is 1. The van der Waals surface area contributed by atoms with Crippen molar-refractivity contribution in [1.82, 2.24) is 4.90 Å². The zero-order valence-electron chi connectivity index (χ0n) is 18.3. The van der Waals surface area contributed by atoms with Gasteiger partial charge in [0, 0.05) is 43.6 Å². The van der Waals surface area contributed by atoms with Crippen LogP contribution in [0.25, 0.3) is 0 Å². The molecule has 0 bridgehead atoms. The summed E-state index contributed by atoms with van der Waals surface area (Å²) in [6.07, 6.45) is 1.45. The molecule has 1 aliphatic rings. The normalized spacial score (nSPS) is 13.6. The first-order valence-corrected chi connectivity index (χ1v) is 10.6. The summed E-state index contributed by atoms with van der Waals surface area (Å²) in [5.74, 6) is -0.247. The Labute approximate surface area is 187 Å². The Bertz CT molecular complexity index is 1090. The van der Waals surface area contributed by atoms with E-state index in [0.717, 1.165) is 29.9 Å². The van der Waals surface area contributed by atoms with Gasteiger partial charge in [0.15, 0.2) is 5.76 Å². The fraction of sp³-hybridized carbons (Fsp3) is 0.280. The van der Waals surface area contributed by atoms with Gasteiger partial charge in [-0.3, -0.25) is 9.59 Å². The highest BCUT2D eigenvalue weighted by molar-refractivity contribution is 6.03. The third kappa shape index (κ3) is 4.84. The highest BCUT2D eigenvalue weighted by atomic mass is 16.5. The molecule has 0 radical (unpaired) electrons. The Morgan fingerprint density at radius 2 is 1.84 bits per heavy atom. The van der Waals surface area contributed by atoms with Crippen LogP contribution in [-0.4, -0.2) is 50.1 Å². The molecule has 166 valence electrons. The van der Waals surface area contributed by atoms with E-state index in [1.165, 1.54) is 6.26 Å². The Morgan fingerprint density at radius 3 is 2.59 bits per heavy atom. The largest absolute Gasteiger partial charge is 0.459 e. The molecule has 2 heterocycles. The summed E-state index contributed by atoms with van der Waals surface area (Å²) in [5.41, 5.74) is 4.17. The zero-order valence-corrected chi connectivity index (χ0v) is 18.3. The summed E-state index contributed by atoms with van der Waals surface area (Å²) in [6.45, 7) is 5.46. The van der Waals surface area contributed by atoms with Crippen LogP contribution in [0.15, 0.2) is 65.3 Å². The number of aryl methyl sites for hydroxylation is 1. The highest BCUT2D eigenvalue weighted by Gasteiger charge is 2.19. The van der Waals surface area contributed by atoms with Gasteiger partial charge in [0.25, 0.3) is 11.8 Å². The summed E-state index contributed by atoms with van der Waals surface area (Å²) >= 11 is 0. The maximum absolute atomic E-state index is 13.2. The van der Waals surface area contributed by atoms with E-state index in [1.807, 2.05) is 25.1 Å². The van der Waals surface area contributed by atoms with Crippen molar-refractivity contribution >= 4 is 23.2 Å². The number of carbonyl (C=O) groups is 2. The molecule has 3 aromatic rings. The number of para-hydroxylation sites is 1. The number of benzene rings is 2. The van der Waals surface area contributed by atoms with Gasteiger partial charge in [-0.1, -0.05) is 24.3 Å². The van der Waals surface area contributed by atoms with Crippen LogP contribution in [0.5, 0.6) is 0 Å². The van der Waals surface area contributed by atoms with E-state index in [-0.39, 0.29) is 17.6 Å². The van der Waals surface area contributed by atoms with E-state index in [1.54, 1.807) is 36.2 Å². The minimum atomic E-state index is -0.351. The summed E-state index contributed by atoms with van der Waals surface area (Å²) < 4.78 is 10.6. The van der Waals surface area contributed by atoms with Crippen LogP contribution in [0.3, 0.4) is 0 Å². The lowest BCUT2D eigenvalue weighted by Crippen LogP contribution is -2.37. The van der Waals surface area contributed by atoms with Crippen molar-refractivity contribution in [3.63, 3.8) is 0 Å². The predicted octanol–water partition coefficient (Wildman–Crippen LogP) is 3.95. The van der Waals surface area contributed by atoms with Crippen molar-refractivity contribution in [2.24, 2.45) is 0 Å². The molecule has 2 aromatic carbocycles. The molecule has 0 aliphatic carbocycles. The van der Waals surface area contributed by atoms with E-state index in [0.29, 0.717) is 31.0 Å². The number of furan rings is 1. The lowest BCUT2D eigenvalue weighted by atomic mass is 10.1. The molecular weight excluding hydrogens is 406 g/mol. The van der Waals surface area contributed by atoms with Crippen LogP contribution in [0.1, 0.15) is 32.0 Å². The summed E-state index contributed by atoms with van der Waals surface area (Å²) in [5, 5.41) is 2.83. The highest BCUT2D eigenvalue weighted by Crippen LogP contribution is 2.24. The minimum Gasteiger partial charge on any atom is -0.459 e. The molecular formula is C25H27N3O4. The first-order valence-electron chi connectivity index (χ1n) is 10.6. The molecule has 0 saturated carbocycles. The van der Waals surface area contributed by atoms with Crippen LogP contribution >= 0.6 is 0 Å². The van der Waals surface area contributed by atoms with Gasteiger partial charge >= 0.3 is 0 Å². The van der Waals surface area contributed by atoms with Crippen molar-refractivity contribution in [2.45, 2.75) is 13.5 Å². The third-order valence-electron chi connectivity index (χ3n) is 5.58. The van der Waals surface area contributed by atoms with Crippen molar-refractivity contribution in [3.05, 3.63) is 83.3 Å². The van der Waals surface area contributed by atoms with Crippen LogP contribution in [0.4, 0.5) is 11.4 Å². The second kappa shape index (κ2) is 9.70. The molecule has 1 fully saturated rings. The second-order valence-electron chi connectivity index (χ2n) is 7.85. The number of carbonyl (C=O) groups excluding carboxylic acids is 2. The van der Waals surface area contributed by atoms with Crippen LogP contribution in [0.2, 0.25) is 0 Å². The zero-order chi connectivity index (χ0) is 22.5. The lowest BCUT2D eigenvalue weighted by Gasteiger charge is -2.31. The first kappa shape index (κ1) is 21.6. The second-order valence-corrected chi connectivity index (χ2v) is 7.85. The number of nitrogens with zero attached hydrogens (tertiary/aromatic N) is 2. The third-order valence-corrected chi connectivity index (χ3v) is 5.58. The Balaban J connectivity index is 1.49. The molecule has 1 saturated heterocycles. The minimum absolute atomic E-state index is 0.115. The van der Waals surface area contributed by atoms with Crippen molar-refractivity contribution in [2.75, 3.05) is 43.6 Å². The average Bonchev–Trinajstić information content (AvgIpc) is 3.36. The summed E-state index contributed by atoms with van der Waals surface area (Å²) in [7, 11) is 1.79. The van der Waals surface area contributed by atoms with Gasteiger partial charge in [0.2, 0.25) is 0 Å². The average molecular weight is 434 g/mol. The number of hydrogen-bond acceptors (Lipinski definition) is 5. The molecule has 4 rings (SSSR count). The van der Waals surface area contributed by atoms with E-state index >= 15 is 0 Å². The SMILES string of the molecule is Cc1ccc(C(=O)N(C)Cc2ccccc2N2CCOCC2)cc1NC(=O)c1ccco1. The molecule has 1 N–H and O–H groups in total. The van der Waals surface area contributed by atoms with Gasteiger partial charge in [0.1, 0.15) is 0 Å². The smallest absolute Gasteiger partial charge is 0.291 e. The maximum atomic E-state index is 13.2. The lowest BCUT2D eigenvalue weighted by molar-refractivity contribution is 0.0784. The predicted molar refractivity (Wildman–Crippen MR) is 123 cm³/mol. The number of morpholine rings is 1. The van der Waals surface area contributed by atoms with E-state index in [9.17, 15) is 9.59 Å². The molecule has 32 heavy (non-hydrogen) atoms. The number of ether oxygens (including phenoxy) is 1. The Kier molecular flexibility index (Phi) is 6.56. The molecule has 0 spiro atoms. The monoisotopic (exact) mass is 433 g/mol. The van der Waals surface area contributed by atoms with E-state index in [2.05, 4.69) is 22.3 Å². The molecule has 2 amide bonds. The van der Waals surface area contributed by atoms with Crippen molar-refractivity contribution in [3.8, 4) is 0 Å². The van der Waals surface area contributed by atoms with Crippen LogP contribution < -0.4 is 10.2 Å². The maximum Gasteiger partial charge on any atom is 0.291 e. The number of hydrogen-bond donors (Lipinski definition) is 1. The molecule has 1 aromatic heterocycles. The van der Waals surface area contributed by atoms with E-state index in [4.69, 9.17) is 9.15 Å². The van der Waals surface area contributed by atoms with Gasteiger partial charge in [-0.05, 0) is 48.4 Å². The van der Waals surface area contributed by atoms with Gasteiger partial charge in [0.05, 0.1) is 19.5 Å². The summed E-state index contributed by atoms with van der Waals surface area (Å²) in [6, 6.07) is 16.7. The van der Waals surface area contributed by atoms with Gasteiger partial charge in [-0.2, -0.15) is 0 Å². The van der Waals surface area contributed by atoms with E-state index < -0.39 is 0 Å². The Hall–Kier alpha value is -3.58. The van der Waals surface area contributed by atoms with Crippen molar-refractivity contribution in [1.29, 1.82) is 0 Å². The number of anilines is 2. The van der Waals surface area contributed by atoms with Crippen molar-refractivity contribution < 1.29 is 18.7 Å². The Morgan fingerprint density at radius 1 is 1.06 bits per heavy atom. The molecule has 0 atom stereocenters. The topological polar surface area (TPSA) is 75.0 Å². The van der Waals surface area contributed by atoms with Crippen LogP contribution in [0, 0.1) is 6.92 Å². The van der Waals surface area contributed by atoms with Gasteiger partial charge in [-0.25, -0.2) is 0 Å². The quantitative estimate of drug-likeness (QED) is 0.637. The van der Waals surface area contributed by atoms with Crippen LogP contribution in [-0.2, 0) is 11.3 Å². The molecule has 7 nitrogen and oxygen atoms in total. The molecule has 0 unspecified atom stereocenters. The van der Waals surface area contributed by atoms with Gasteiger partial charge in [-0.15, -0.1) is 0 Å². The first-order chi connectivity index (χ1) is 15.5. The van der Waals surface area contributed by atoms with Gasteiger partial charge < -0.3 is 24.3 Å². The summed E-state index contributed by atoms with van der Waals surface area (Å²) in [4.78, 5) is 29.5. The standard InChI is InChI=1S/C25H27N3O4/c1-18-9-10-19(16-21(18)26-24(29)23-8-5-13-32-23)25(30)27(2)17-20-6-3-4-7-22(20)28-11-14-31-15-12-28/h3-10,13,16H,11-12,14-15,17H2,1-2H3,(H,26,29). The molecule has 1 aliphatic heterocycles. The number of amides is 2. The fourth-order valence-corrected chi connectivity index (χ4v) is 3.79.